The second kappa shape index (κ2) is 14.6. The molecule has 4 fully saturated rings. The Balaban J connectivity index is 0.793. The molecule has 3 unspecified atom stereocenters. The van der Waals surface area contributed by atoms with Crippen LogP contribution >= 0.6 is 0 Å². The highest BCUT2D eigenvalue weighted by Gasteiger charge is 2.42. The fourth-order valence-electron chi connectivity index (χ4n) is 8.90. The number of amides is 3. The first-order chi connectivity index (χ1) is 27.6. The summed E-state index contributed by atoms with van der Waals surface area (Å²) in [6, 6.07) is 14.4. The van der Waals surface area contributed by atoms with Crippen LogP contribution in [-0.2, 0) is 23.1 Å². The van der Waals surface area contributed by atoms with E-state index in [1.54, 1.807) is 42.2 Å². The number of phenols is 1. The Bertz CT molecular complexity index is 2430. The second-order valence-corrected chi connectivity index (χ2v) is 15.4. The molecule has 7 heterocycles. The van der Waals surface area contributed by atoms with Crippen LogP contribution in [0, 0.1) is 0 Å². The molecule has 5 aromatic rings. The second-order valence-electron chi connectivity index (χ2n) is 15.4. The van der Waals surface area contributed by atoms with Crippen LogP contribution in [0.15, 0.2) is 65.7 Å². The van der Waals surface area contributed by atoms with Crippen LogP contribution in [0.2, 0.25) is 0 Å². The highest BCUT2D eigenvalue weighted by Crippen LogP contribution is 2.38. The van der Waals surface area contributed by atoms with Gasteiger partial charge >= 0.3 is 5.69 Å². The Kier molecular flexibility index (Phi) is 9.30. The number of anilines is 3. The topological polar surface area (TPSA) is 201 Å². The van der Waals surface area contributed by atoms with Gasteiger partial charge in [0, 0.05) is 89.3 Å². The Morgan fingerprint density at radius 2 is 1.65 bits per heavy atom. The van der Waals surface area contributed by atoms with Gasteiger partial charge in [0.2, 0.25) is 17.8 Å². The minimum Gasteiger partial charge on any atom is -0.507 e. The van der Waals surface area contributed by atoms with Crippen LogP contribution in [0.5, 0.6) is 5.75 Å². The average molecular weight is 773 g/mol. The number of piperazine rings is 2. The number of aromatic hydroxyl groups is 1. The van der Waals surface area contributed by atoms with Crippen LogP contribution in [0.4, 0.5) is 17.5 Å². The predicted molar refractivity (Wildman–Crippen MR) is 212 cm³/mol. The highest BCUT2D eigenvalue weighted by atomic mass is 16.3. The van der Waals surface area contributed by atoms with E-state index in [4.69, 9.17) is 15.7 Å². The zero-order valence-electron chi connectivity index (χ0n) is 31.6. The van der Waals surface area contributed by atoms with Gasteiger partial charge in [-0.15, -0.1) is 10.2 Å². The molecule has 294 valence electrons. The summed E-state index contributed by atoms with van der Waals surface area (Å²) in [5.74, 6) is 0.248. The number of piperidine rings is 1. The molecule has 2 bridgehead atoms. The van der Waals surface area contributed by atoms with Gasteiger partial charge in [-0.25, -0.2) is 14.8 Å². The standard InChI is InChI=1S/C40H44N12O5/c1-47-32-18-24(6-9-30(32)52(40(47)57)31-10-11-35(54)44-37(31)55)12-13-48-14-16-49(17-15-48)38(56)25-20-42-39(43-21-25)51-26-7-8-27(51)23-50(22-26)33-19-29(45-46-36(33)41)28-4-2-3-5-34(28)53/h2-6,9,18-21,26-27,31,53H,7-8,10-17,22-23H2,1H3,(H2,41,46)(H,44,54,55). The van der Waals surface area contributed by atoms with E-state index in [2.05, 4.69) is 30.2 Å². The summed E-state index contributed by atoms with van der Waals surface area (Å²) < 4.78 is 3.05. The maximum Gasteiger partial charge on any atom is 0.329 e. The molecule has 4 N–H and O–H groups in total. The molecule has 3 atom stereocenters. The van der Waals surface area contributed by atoms with Gasteiger partial charge in [0.05, 0.1) is 28.0 Å². The maximum atomic E-state index is 13.5. The third-order valence-electron chi connectivity index (χ3n) is 12.0. The van der Waals surface area contributed by atoms with Gasteiger partial charge in [0.15, 0.2) is 5.82 Å². The van der Waals surface area contributed by atoms with Gasteiger partial charge in [-0.3, -0.25) is 33.7 Å². The lowest BCUT2D eigenvalue weighted by Gasteiger charge is -2.42. The molecular formula is C40H44N12O5. The van der Waals surface area contributed by atoms with Crippen molar-refractivity contribution in [1.29, 1.82) is 0 Å². The van der Waals surface area contributed by atoms with Crippen LogP contribution in [0.3, 0.4) is 0 Å². The number of nitrogens with zero attached hydrogens (tertiary/aromatic N) is 10. The summed E-state index contributed by atoms with van der Waals surface area (Å²) in [6.45, 7) is 4.85. The predicted octanol–water partition coefficient (Wildman–Crippen LogP) is 1.71. The van der Waals surface area contributed by atoms with Crippen molar-refractivity contribution in [3.05, 3.63) is 82.5 Å². The average Bonchev–Trinajstić information content (AvgIpc) is 3.63. The lowest BCUT2D eigenvalue weighted by molar-refractivity contribution is -0.135. The summed E-state index contributed by atoms with van der Waals surface area (Å²) in [7, 11) is 1.70. The number of carbonyl (C=O) groups excluding carboxylic acids is 3. The zero-order valence-corrected chi connectivity index (χ0v) is 31.6. The number of benzene rings is 2. The molecule has 2 aromatic carbocycles. The Labute approximate surface area is 327 Å². The van der Waals surface area contributed by atoms with Crippen molar-refractivity contribution in [3.63, 3.8) is 0 Å². The van der Waals surface area contributed by atoms with E-state index in [1.165, 1.54) is 4.57 Å². The van der Waals surface area contributed by atoms with Crippen LogP contribution in [0.25, 0.3) is 22.3 Å². The fourth-order valence-corrected chi connectivity index (χ4v) is 8.90. The number of hydrogen-bond acceptors (Lipinski definition) is 13. The molecule has 3 aromatic heterocycles. The van der Waals surface area contributed by atoms with Crippen molar-refractivity contribution < 1.29 is 19.5 Å². The van der Waals surface area contributed by atoms with Gasteiger partial charge in [0.1, 0.15) is 11.8 Å². The van der Waals surface area contributed by atoms with Gasteiger partial charge in [-0.05, 0) is 61.6 Å². The maximum absolute atomic E-state index is 13.5. The summed E-state index contributed by atoms with van der Waals surface area (Å²) in [5, 5.41) is 21.2. The molecule has 17 heteroatoms. The normalized spacial score (nSPS) is 21.4. The summed E-state index contributed by atoms with van der Waals surface area (Å²) in [6.07, 6.45) is 6.50. The first kappa shape index (κ1) is 36.3. The molecule has 0 spiro atoms. The molecule has 3 amide bonds. The van der Waals surface area contributed by atoms with Crippen molar-refractivity contribution in [2.75, 3.05) is 61.3 Å². The fraction of sp³-hybridized carbons (Fsp3) is 0.400. The number of nitrogens with one attached hydrogen (secondary N) is 1. The van der Waals surface area contributed by atoms with Crippen molar-refractivity contribution in [2.45, 2.75) is 50.2 Å². The molecule has 0 aliphatic carbocycles. The number of fused-ring (bicyclic) bond motifs is 3. The van der Waals surface area contributed by atoms with Crippen LogP contribution < -0.4 is 26.5 Å². The van der Waals surface area contributed by atoms with Crippen molar-refractivity contribution in [3.8, 4) is 17.0 Å². The minimum atomic E-state index is -0.713. The SMILES string of the molecule is Cn1c(=O)n(C2CCC(=O)NC2=O)c2ccc(CCN3CCN(C(=O)c4cnc(N5C6CCC5CN(c5cc(-c7ccccc7O)nnc5N)C6)nc4)CC3)cc21. The molecule has 4 saturated heterocycles. The van der Waals surface area contributed by atoms with Gasteiger partial charge in [-0.2, -0.15) is 0 Å². The summed E-state index contributed by atoms with van der Waals surface area (Å²) in [5.41, 5.74) is 10.9. The van der Waals surface area contributed by atoms with E-state index in [0.717, 1.165) is 55.7 Å². The number of aromatic nitrogens is 6. The number of rotatable bonds is 8. The van der Waals surface area contributed by atoms with Crippen LogP contribution in [0.1, 0.15) is 47.6 Å². The smallest absolute Gasteiger partial charge is 0.329 e. The molecule has 17 nitrogen and oxygen atoms in total. The first-order valence-electron chi connectivity index (χ1n) is 19.4. The van der Waals surface area contributed by atoms with E-state index in [-0.39, 0.29) is 41.8 Å². The number of carbonyl (C=O) groups is 3. The molecular weight excluding hydrogens is 729 g/mol. The van der Waals surface area contributed by atoms with Gasteiger partial charge in [0.25, 0.3) is 5.91 Å². The van der Waals surface area contributed by atoms with E-state index in [1.807, 2.05) is 35.2 Å². The zero-order chi connectivity index (χ0) is 39.4. The molecule has 4 aliphatic heterocycles. The Morgan fingerprint density at radius 1 is 0.912 bits per heavy atom. The lowest BCUT2D eigenvalue weighted by Crippen LogP contribution is -2.54. The minimum absolute atomic E-state index is 0.0817. The Morgan fingerprint density at radius 3 is 2.37 bits per heavy atom. The molecule has 0 radical (unpaired) electrons. The molecule has 0 saturated carbocycles. The van der Waals surface area contributed by atoms with E-state index in [0.29, 0.717) is 66.7 Å². The number of imidazole rings is 1. The number of nitrogens with two attached hydrogens (primary N) is 1. The van der Waals surface area contributed by atoms with Gasteiger partial charge < -0.3 is 25.5 Å². The highest BCUT2D eigenvalue weighted by molar-refractivity contribution is 6.00. The van der Waals surface area contributed by atoms with Crippen molar-refractivity contribution >= 4 is 46.2 Å². The molecule has 9 rings (SSSR count). The number of aryl methyl sites for hydroxylation is 1. The van der Waals surface area contributed by atoms with Gasteiger partial charge in [-0.1, -0.05) is 18.2 Å². The summed E-state index contributed by atoms with van der Waals surface area (Å²) >= 11 is 0. The Hall–Kier alpha value is -6.36. The lowest BCUT2D eigenvalue weighted by atomic mass is 10.1. The van der Waals surface area contributed by atoms with Crippen LogP contribution in [-0.4, -0.2) is 120 Å². The number of hydrogen-bond donors (Lipinski definition) is 3. The largest absolute Gasteiger partial charge is 0.507 e. The third kappa shape index (κ3) is 6.70. The third-order valence-corrected chi connectivity index (χ3v) is 12.0. The van der Waals surface area contributed by atoms with Crippen molar-refractivity contribution in [1.82, 2.24) is 44.4 Å². The van der Waals surface area contributed by atoms with Crippen molar-refractivity contribution in [2.24, 2.45) is 7.05 Å². The number of nitrogen functional groups attached to an aromatic ring is 1. The quantitative estimate of drug-likeness (QED) is 0.193. The molecule has 4 aliphatic rings. The van der Waals surface area contributed by atoms with E-state index in [9.17, 15) is 24.3 Å². The van der Waals surface area contributed by atoms with E-state index >= 15 is 0 Å². The number of imide groups is 1. The first-order valence-corrected chi connectivity index (χ1v) is 19.4. The monoisotopic (exact) mass is 772 g/mol. The molecule has 57 heavy (non-hydrogen) atoms. The number of phenolic OH excluding ortho intramolecular Hbond substituents is 1. The van der Waals surface area contributed by atoms with E-state index < -0.39 is 11.9 Å². The number of para-hydroxylation sites is 1. The summed E-state index contributed by atoms with van der Waals surface area (Å²) in [4.78, 5) is 69.0.